The first-order valence-electron chi connectivity index (χ1n) is 9.19. The van der Waals surface area contributed by atoms with Crippen LogP contribution in [0.25, 0.3) is 0 Å². The number of fused-ring (bicyclic) bond motifs is 2. The molecular formula is C20H17F5N2O2. The number of carbonyl (C=O) groups is 1. The molecule has 2 amide bonds. The van der Waals surface area contributed by atoms with Crippen molar-refractivity contribution < 1.29 is 31.5 Å². The Balaban J connectivity index is 1.48. The Hall–Kier alpha value is -2.84. The third-order valence-electron chi connectivity index (χ3n) is 5.40. The fraction of sp³-hybridized carbons (Fsp3) is 0.350. The van der Waals surface area contributed by atoms with Crippen molar-refractivity contribution in [3.8, 4) is 5.75 Å². The Labute approximate surface area is 163 Å². The minimum atomic E-state index is -2.22. The fourth-order valence-corrected chi connectivity index (χ4v) is 4.12. The molecule has 2 aromatic rings. The van der Waals surface area contributed by atoms with Gasteiger partial charge in [0.05, 0.1) is 0 Å². The van der Waals surface area contributed by atoms with E-state index in [0.29, 0.717) is 18.5 Å². The van der Waals surface area contributed by atoms with Crippen LogP contribution in [-0.4, -0.2) is 29.1 Å². The normalized spacial score (nSPS) is 23.2. The Kier molecular flexibility index (Phi) is 5.06. The zero-order chi connectivity index (χ0) is 20.7. The SMILES string of the molecule is O=C(Nc1ccccc1)N1C2CCC1CC(Oc1c(F)c(F)c(F)c(F)c1F)C2. The Morgan fingerprint density at radius 2 is 1.38 bits per heavy atom. The molecule has 2 heterocycles. The van der Waals surface area contributed by atoms with Crippen molar-refractivity contribution in [2.24, 2.45) is 0 Å². The van der Waals surface area contributed by atoms with E-state index >= 15 is 0 Å². The van der Waals surface area contributed by atoms with Crippen molar-refractivity contribution >= 4 is 11.7 Å². The average molecular weight is 412 g/mol. The maximum absolute atomic E-state index is 13.9. The molecular weight excluding hydrogens is 395 g/mol. The molecule has 0 aliphatic carbocycles. The number of nitrogens with one attached hydrogen (secondary N) is 1. The predicted octanol–water partition coefficient (Wildman–Crippen LogP) is 4.99. The molecule has 2 saturated heterocycles. The summed E-state index contributed by atoms with van der Waals surface area (Å²) in [6.45, 7) is 0. The maximum Gasteiger partial charge on any atom is 0.322 e. The van der Waals surface area contributed by atoms with Gasteiger partial charge >= 0.3 is 6.03 Å². The van der Waals surface area contributed by atoms with Crippen molar-refractivity contribution in [2.45, 2.75) is 43.9 Å². The summed E-state index contributed by atoms with van der Waals surface area (Å²) in [4.78, 5) is 14.3. The summed E-state index contributed by atoms with van der Waals surface area (Å²) in [5.74, 6) is -11.5. The number of anilines is 1. The lowest BCUT2D eigenvalue weighted by Gasteiger charge is -2.38. The third-order valence-corrected chi connectivity index (χ3v) is 5.40. The fourth-order valence-electron chi connectivity index (χ4n) is 4.12. The first-order chi connectivity index (χ1) is 13.9. The van der Waals surface area contributed by atoms with Crippen molar-refractivity contribution in [2.75, 3.05) is 5.32 Å². The zero-order valence-electron chi connectivity index (χ0n) is 15.1. The number of ether oxygens (including phenoxy) is 1. The molecule has 2 atom stereocenters. The van der Waals surface area contributed by atoms with E-state index in [2.05, 4.69) is 5.32 Å². The number of hydrogen-bond acceptors (Lipinski definition) is 2. The molecule has 29 heavy (non-hydrogen) atoms. The minimum Gasteiger partial charge on any atom is -0.484 e. The number of halogens is 5. The van der Waals surface area contributed by atoms with E-state index in [9.17, 15) is 26.7 Å². The summed E-state index contributed by atoms with van der Waals surface area (Å²) < 4.78 is 73.0. The highest BCUT2D eigenvalue weighted by Gasteiger charge is 2.44. The standard InChI is InChI=1S/C20H17F5N2O2/c21-14-15(22)17(24)19(18(25)16(14)23)29-13-8-11-6-7-12(9-13)27(11)20(28)26-10-4-2-1-3-5-10/h1-5,11-13H,6-9H2,(H,26,28). The topological polar surface area (TPSA) is 41.6 Å². The lowest BCUT2D eigenvalue weighted by Crippen LogP contribution is -2.50. The quantitative estimate of drug-likeness (QED) is 0.439. The van der Waals surface area contributed by atoms with E-state index in [0.717, 1.165) is 0 Å². The van der Waals surface area contributed by atoms with Gasteiger partial charge in [-0.3, -0.25) is 0 Å². The Bertz CT molecular complexity index is 897. The molecule has 4 rings (SSSR count). The van der Waals surface area contributed by atoms with E-state index in [1.807, 2.05) is 6.07 Å². The highest BCUT2D eigenvalue weighted by atomic mass is 19.2. The number of benzene rings is 2. The van der Waals surface area contributed by atoms with Gasteiger partial charge in [-0.2, -0.15) is 8.78 Å². The van der Waals surface area contributed by atoms with Gasteiger partial charge in [0.25, 0.3) is 0 Å². The smallest absolute Gasteiger partial charge is 0.322 e. The van der Waals surface area contributed by atoms with Crippen LogP contribution in [0.3, 0.4) is 0 Å². The van der Waals surface area contributed by atoms with Gasteiger partial charge in [0, 0.05) is 30.6 Å². The van der Waals surface area contributed by atoms with E-state index in [1.54, 1.807) is 29.2 Å². The summed E-state index contributed by atoms with van der Waals surface area (Å²) in [6, 6.07) is 8.10. The first-order valence-corrected chi connectivity index (χ1v) is 9.19. The Morgan fingerprint density at radius 3 is 1.93 bits per heavy atom. The van der Waals surface area contributed by atoms with Gasteiger partial charge < -0.3 is 15.0 Å². The van der Waals surface area contributed by atoms with Gasteiger partial charge in [-0.25, -0.2) is 18.0 Å². The van der Waals surface area contributed by atoms with Gasteiger partial charge in [0.2, 0.25) is 29.1 Å². The van der Waals surface area contributed by atoms with E-state index < -0.39 is 40.9 Å². The van der Waals surface area contributed by atoms with Crippen LogP contribution in [-0.2, 0) is 0 Å². The van der Waals surface area contributed by atoms with Gasteiger partial charge in [0.15, 0.2) is 5.75 Å². The number of para-hydroxylation sites is 1. The van der Waals surface area contributed by atoms with E-state index in [-0.39, 0.29) is 31.0 Å². The molecule has 2 aliphatic rings. The molecule has 0 spiro atoms. The molecule has 2 unspecified atom stereocenters. The molecule has 0 saturated carbocycles. The van der Waals surface area contributed by atoms with Crippen molar-refractivity contribution in [3.05, 3.63) is 59.4 Å². The van der Waals surface area contributed by atoms with Crippen LogP contribution >= 0.6 is 0 Å². The molecule has 2 fully saturated rings. The van der Waals surface area contributed by atoms with Crippen LogP contribution < -0.4 is 10.1 Å². The summed E-state index contributed by atoms with van der Waals surface area (Å²) in [7, 11) is 0. The lowest BCUT2D eigenvalue weighted by molar-refractivity contribution is 0.0663. The van der Waals surface area contributed by atoms with Crippen LogP contribution in [0, 0.1) is 29.1 Å². The van der Waals surface area contributed by atoms with Crippen molar-refractivity contribution in [1.29, 1.82) is 0 Å². The summed E-state index contributed by atoms with van der Waals surface area (Å²) in [5.41, 5.74) is 0.636. The molecule has 154 valence electrons. The Morgan fingerprint density at radius 1 is 0.862 bits per heavy atom. The average Bonchev–Trinajstić information content (AvgIpc) is 2.99. The molecule has 0 radical (unpaired) electrons. The minimum absolute atomic E-state index is 0.234. The third kappa shape index (κ3) is 3.49. The second kappa shape index (κ2) is 7.53. The highest BCUT2D eigenvalue weighted by molar-refractivity contribution is 5.90. The maximum atomic E-state index is 13.9. The number of piperidine rings is 1. The lowest BCUT2D eigenvalue weighted by atomic mass is 10.00. The number of nitrogens with zero attached hydrogens (tertiary/aromatic N) is 1. The second-order valence-corrected chi connectivity index (χ2v) is 7.20. The molecule has 4 nitrogen and oxygen atoms in total. The van der Waals surface area contributed by atoms with E-state index in [1.165, 1.54) is 0 Å². The van der Waals surface area contributed by atoms with Gasteiger partial charge in [0.1, 0.15) is 6.10 Å². The monoisotopic (exact) mass is 412 g/mol. The second-order valence-electron chi connectivity index (χ2n) is 7.20. The molecule has 1 N–H and O–H groups in total. The summed E-state index contributed by atoms with van der Waals surface area (Å²) in [5, 5.41) is 2.80. The molecule has 2 bridgehead atoms. The molecule has 0 aromatic heterocycles. The van der Waals surface area contributed by atoms with Crippen LogP contribution in [0.2, 0.25) is 0 Å². The number of carbonyl (C=O) groups excluding carboxylic acids is 1. The van der Waals surface area contributed by atoms with Gasteiger partial charge in [-0.1, -0.05) is 18.2 Å². The van der Waals surface area contributed by atoms with Gasteiger partial charge in [-0.05, 0) is 25.0 Å². The number of rotatable bonds is 3. The van der Waals surface area contributed by atoms with Crippen molar-refractivity contribution in [3.63, 3.8) is 0 Å². The first kappa shape index (κ1) is 19.5. The zero-order valence-corrected chi connectivity index (χ0v) is 15.1. The number of hydrogen-bond donors (Lipinski definition) is 1. The molecule has 2 aromatic carbocycles. The summed E-state index contributed by atoms with van der Waals surface area (Å²) >= 11 is 0. The predicted molar refractivity (Wildman–Crippen MR) is 94.0 cm³/mol. The molecule has 9 heteroatoms. The summed E-state index contributed by atoms with van der Waals surface area (Å²) in [6.07, 6.45) is 1.05. The number of urea groups is 1. The highest BCUT2D eigenvalue weighted by Crippen LogP contribution is 2.39. The van der Waals surface area contributed by atoms with Crippen LogP contribution in [0.5, 0.6) is 5.75 Å². The van der Waals surface area contributed by atoms with Crippen molar-refractivity contribution in [1.82, 2.24) is 4.90 Å². The number of amides is 2. The van der Waals surface area contributed by atoms with Crippen LogP contribution in [0.4, 0.5) is 32.4 Å². The van der Waals surface area contributed by atoms with E-state index in [4.69, 9.17) is 4.74 Å². The van der Waals surface area contributed by atoms with Crippen LogP contribution in [0.15, 0.2) is 30.3 Å². The largest absolute Gasteiger partial charge is 0.484 e. The van der Waals surface area contributed by atoms with Gasteiger partial charge in [-0.15, -0.1) is 0 Å². The van der Waals surface area contributed by atoms with Crippen LogP contribution in [0.1, 0.15) is 25.7 Å². The molecule has 2 aliphatic heterocycles.